The summed E-state index contributed by atoms with van der Waals surface area (Å²) in [5.41, 5.74) is 3.31. The molecule has 318 valence electrons. The molecular formula is C51H75N3O4. The molecule has 0 aliphatic rings. The summed E-state index contributed by atoms with van der Waals surface area (Å²) in [6.45, 7) is 4.54. The number of benzene rings is 3. The van der Waals surface area contributed by atoms with E-state index in [0.717, 1.165) is 36.8 Å². The Labute approximate surface area is 350 Å². The lowest BCUT2D eigenvalue weighted by Crippen LogP contribution is -2.01. The number of phenols is 4. The van der Waals surface area contributed by atoms with Gasteiger partial charge in [-0.25, -0.2) is 15.0 Å². The third-order valence-corrected chi connectivity index (χ3v) is 11.6. The zero-order chi connectivity index (χ0) is 41.2. The highest BCUT2D eigenvalue weighted by molar-refractivity contribution is 5.74. The summed E-state index contributed by atoms with van der Waals surface area (Å²) in [4.78, 5) is 14.1. The Morgan fingerprint density at radius 2 is 0.603 bits per heavy atom. The predicted molar refractivity (Wildman–Crippen MR) is 242 cm³/mol. The van der Waals surface area contributed by atoms with Gasteiger partial charge in [0.1, 0.15) is 23.0 Å². The summed E-state index contributed by atoms with van der Waals surface area (Å²) in [5.74, 6) is 0.511. The molecule has 4 N–H and O–H groups in total. The normalized spacial score (nSPS) is 11.4. The maximum atomic E-state index is 11.2. The predicted octanol–water partition coefficient (Wildman–Crippen LogP) is 15.0. The summed E-state index contributed by atoms with van der Waals surface area (Å²) in [7, 11) is 0. The molecule has 1 aromatic heterocycles. The van der Waals surface area contributed by atoms with Crippen LogP contribution in [0.3, 0.4) is 0 Å². The fourth-order valence-electron chi connectivity index (χ4n) is 7.98. The largest absolute Gasteiger partial charge is 0.508 e. The van der Waals surface area contributed by atoms with Gasteiger partial charge in [0.2, 0.25) is 0 Å². The average molecular weight is 794 g/mol. The van der Waals surface area contributed by atoms with Crippen molar-refractivity contribution in [2.75, 3.05) is 0 Å². The molecule has 3 aromatic carbocycles. The van der Waals surface area contributed by atoms with Gasteiger partial charge >= 0.3 is 0 Å². The van der Waals surface area contributed by atoms with Crippen LogP contribution in [0.5, 0.6) is 23.0 Å². The fraction of sp³-hybridized carbons (Fsp3) is 0.588. The number of rotatable bonds is 31. The van der Waals surface area contributed by atoms with E-state index in [1.54, 1.807) is 18.2 Å². The highest BCUT2D eigenvalue weighted by Crippen LogP contribution is 2.36. The molecule has 0 aliphatic heterocycles. The maximum absolute atomic E-state index is 11.2. The molecule has 0 spiro atoms. The van der Waals surface area contributed by atoms with Crippen molar-refractivity contribution in [2.45, 2.75) is 194 Å². The van der Waals surface area contributed by atoms with Crippen LogP contribution in [0.25, 0.3) is 34.2 Å². The first kappa shape index (κ1) is 46.6. The Hall–Kier alpha value is -4.13. The SMILES string of the molecule is CCCCCCCCCCCCCCCc1ccc(-c2nc(-c3ccc(O)cc3O)nc(-c3ccc(CCCCCCCCCCCCCCC)cc3O)n2)c(O)c1. The monoisotopic (exact) mass is 794 g/mol. The molecular weight excluding hydrogens is 719 g/mol. The molecule has 0 saturated heterocycles. The number of nitrogens with zero attached hydrogens (tertiary/aromatic N) is 3. The molecule has 4 rings (SSSR count). The Kier molecular flexibility index (Phi) is 22.1. The van der Waals surface area contributed by atoms with Gasteiger partial charge in [0, 0.05) is 6.07 Å². The number of hydrogen-bond acceptors (Lipinski definition) is 7. The topological polar surface area (TPSA) is 120 Å². The number of aromatic hydroxyl groups is 4. The Bertz CT molecular complexity index is 1640. The van der Waals surface area contributed by atoms with Crippen molar-refractivity contribution in [3.8, 4) is 57.2 Å². The smallest absolute Gasteiger partial charge is 0.167 e. The molecule has 7 heteroatoms. The number of unbranched alkanes of at least 4 members (excludes halogenated alkanes) is 24. The van der Waals surface area contributed by atoms with Gasteiger partial charge in [0.15, 0.2) is 17.5 Å². The van der Waals surface area contributed by atoms with Gasteiger partial charge in [0.05, 0.1) is 16.7 Å². The Morgan fingerprint density at radius 3 is 0.897 bits per heavy atom. The summed E-state index contributed by atoms with van der Waals surface area (Å²) < 4.78 is 0. The summed E-state index contributed by atoms with van der Waals surface area (Å²) in [5, 5.41) is 43.1. The molecule has 0 bridgehead atoms. The number of phenolic OH excluding ortho intramolecular Hbond substituents is 4. The van der Waals surface area contributed by atoms with Crippen LogP contribution in [-0.4, -0.2) is 35.4 Å². The minimum Gasteiger partial charge on any atom is -0.508 e. The van der Waals surface area contributed by atoms with E-state index in [2.05, 4.69) is 23.8 Å². The second kappa shape index (κ2) is 27.5. The minimum atomic E-state index is -0.183. The second-order valence-electron chi connectivity index (χ2n) is 16.7. The third-order valence-electron chi connectivity index (χ3n) is 11.6. The summed E-state index contributed by atoms with van der Waals surface area (Å²) in [6, 6.07) is 15.5. The van der Waals surface area contributed by atoms with E-state index in [0.29, 0.717) is 16.7 Å². The Balaban J connectivity index is 1.31. The standard InChI is InChI=1S/C51H75N3O4/c1-3-5-7-9-11-13-15-17-19-21-23-25-27-29-40-31-34-43(46(56)37-40)49-52-50(54-51(53-49)45-36-33-42(55)39-48(45)58)44-35-32-41(38-47(44)57)30-28-26-24-22-20-18-16-14-12-10-8-6-4-2/h31-39,55-58H,3-30H2,1-2H3. The molecule has 0 saturated carbocycles. The molecule has 0 fully saturated rings. The second-order valence-corrected chi connectivity index (χ2v) is 16.7. The van der Waals surface area contributed by atoms with Crippen molar-refractivity contribution >= 4 is 0 Å². The first-order valence-corrected chi connectivity index (χ1v) is 23.3. The zero-order valence-electron chi connectivity index (χ0n) is 36.1. The lowest BCUT2D eigenvalue weighted by atomic mass is 10.0. The zero-order valence-corrected chi connectivity index (χ0v) is 36.1. The minimum absolute atomic E-state index is 0.0718. The number of hydrogen-bond donors (Lipinski definition) is 4. The van der Waals surface area contributed by atoms with Gasteiger partial charge in [-0.05, 0) is 73.2 Å². The van der Waals surface area contributed by atoms with E-state index in [1.165, 1.54) is 166 Å². The summed E-state index contributed by atoms with van der Waals surface area (Å²) in [6.07, 6.45) is 35.9. The molecule has 0 aliphatic carbocycles. The van der Waals surface area contributed by atoms with Crippen molar-refractivity contribution in [3.63, 3.8) is 0 Å². The van der Waals surface area contributed by atoms with Crippen LogP contribution < -0.4 is 0 Å². The lowest BCUT2D eigenvalue weighted by Gasteiger charge is -2.12. The average Bonchev–Trinajstić information content (AvgIpc) is 3.21. The first-order valence-electron chi connectivity index (χ1n) is 23.3. The molecule has 7 nitrogen and oxygen atoms in total. The lowest BCUT2D eigenvalue weighted by molar-refractivity contribution is 0.451. The molecule has 58 heavy (non-hydrogen) atoms. The van der Waals surface area contributed by atoms with Crippen molar-refractivity contribution in [3.05, 3.63) is 65.7 Å². The molecule has 0 amide bonds. The number of aryl methyl sites for hydroxylation is 2. The maximum Gasteiger partial charge on any atom is 0.167 e. The van der Waals surface area contributed by atoms with Crippen LogP contribution in [0, 0.1) is 0 Å². The van der Waals surface area contributed by atoms with Crippen molar-refractivity contribution < 1.29 is 20.4 Å². The third kappa shape index (κ3) is 17.0. The quantitative estimate of drug-likeness (QED) is 0.0375. The summed E-state index contributed by atoms with van der Waals surface area (Å²) >= 11 is 0. The van der Waals surface area contributed by atoms with E-state index in [9.17, 15) is 20.4 Å². The molecule has 1 heterocycles. The van der Waals surface area contributed by atoms with Crippen molar-refractivity contribution in [2.24, 2.45) is 0 Å². The van der Waals surface area contributed by atoms with E-state index in [1.807, 2.05) is 24.3 Å². The molecule has 0 atom stereocenters. The van der Waals surface area contributed by atoms with Crippen molar-refractivity contribution in [1.82, 2.24) is 15.0 Å². The van der Waals surface area contributed by atoms with Crippen LogP contribution in [0.4, 0.5) is 0 Å². The molecule has 4 aromatic rings. The van der Waals surface area contributed by atoms with Crippen LogP contribution in [0.15, 0.2) is 54.6 Å². The molecule has 0 radical (unpaired) electrons. The van der Waals surface area contributed by atoms with E-state index >= 15 is 0 Å². The van der Waals surface area contributed by atoms with E-state index in [4.69, 9.17) is 4.98 Å². The first-order chi connectivity index (χ1) is 28.4. The van der Waals surface area contributed by atoms with Crippen LogP contribution in [-0.2, 0) is 12.8 Å². The molecule has 0 unspecified atom stereocenters. The van der Waals surface area contributed by atoms with Crippen molar-refractivity contribution in [1.29, 1.82) is 0 Å². The van der Waals surface area contributed by atoms with Gasteiger partial charge in [0.25, 0.3) is 0 Å². The van der Waals surface area contributed by atoms with E-state index in [-0.39, 0.29) is 40.5 Å². The van der Waals surface area contributed by atoms with Gasteiger partial charge in [-0.3, -0.25) is 0 Å². The van der Waals surface area contributed by atoms with Crippen LogP contribution in [0.2, 0.25) is 0 Å². The fourth-order valence-corrected chi connectivity index (χ4v) is 7.98. The van der Waals surface area contributed by atoms with Gasteiger partial charge < -0.3 is 20.4 Å². The van der Waals surface area contributed by atoms with E-state index < -0.39 is 0 Å². The van der Waals surface area contributed by atoms with Gasteiger partial charge in [-0.15, -0.1) is 0 Å². The Morgan fingerprint density at radius 1 is 0.328 bits per heavy atom. The highest BCUT2D eigenvalue weighted by atomic mass is 16.3. The van der Waals surface area contributed by atoms with Crippen LogP contribution >= 0.6 is 0 Å². The van der Waals surface area contributed by atoms with Crippen LogP contribution in [0.1, 0.15) is 192 Å². The van der Waals surface area contributed by atoms with Gasteiger partial charge in [-0.1, -0.05) is 180 Å². The highest BCUT2D eigenvalue weighted by Gasteiger charge is 2.19. The van der Waals surface area contributed by atoms with Gasteiger partial charge in [-0.2, -0.15) is 0 Å². The number of aromatic nitrogens is 3.